The van der Waals surface area contributed by atoms with E-state index in [4.69, 9.17) is 9.98 Å². The second-order valence-corrected chi connectivity index (χ2v) is 10.7. The number of imidazole rings is 1. The number of nitriles is 1. The summed E-state index contributed by atoms with van der Waals surface area (Å²) < 4.78 is 45.3. The van der Waals surface area contributed by atoms with E-state index in [0.717, 1.165) is 12.1 Å². The van der Waals surface area contributed by atoms with Crippen LogP contribution in [0.25, 0.3) is 22.5 Å². The van der Waals surface area contributed by atoms with E-state index in [1.807, 2.05) is 25.7 Å². The Morgan fingerprint density at radius 2 is 1.78 bits per heavy atom. The maximum Gasteiger partial charge on any atom is 0.283 e. The number of fused-ring (bicyclic) bond motifs is 3. The first-order chi connectivity index (χ1) is 19.6. The Balaban J connectivity index is 1.53. The number of rotatable bonds is 5. The Morgan fingerprint density at radius 1 is 0.976 bits per heavy atom. The number of benzene rings is 3. The van der Waals surface area contributed by atoms with Crippen LogP contribution in [0.2, 0.25) is 0 Å². The summed E-state index contributed by atoms with van der Waals surface area (Å²) in [7, 11) is 0. The second kappa shape index (κ2) is 9.63. The molecule has 2 aliphatic rings. The third kappa shape index (κ3) is 4.43. The fourth-order valence-electron chi connectivity index (χ4n) is 5.40. The first-order valence-electron chi connectivity index (χ1n) is 13.1. The van der Waals surface area contributed by atoms with Crippen molar-refractivity contribution in [1.82, 2.24) is 14.5 Å². The number of anilines is 1. The van der Waals surface area contributed by atoms with Gasteiger partial charge in [-0.05, 0) is 62.2 Å². The third-order valence-electron chi connectivity index (χ3n) is 7.25. The summed E-state index contributed by atoms with van der Waals surface area (Å²) in [6, 6.07) is 16.9. The van der Waals surface area contributed by atoms with Crippen LogP contribution in [0.1, 0.15) is 42.4 Å². The van der Waals surface area contributed by atoms with Crippen molar-refractivity contribution < 1.29 is 18.0 Å². The van der Waals surface area contributed by atoms with Crippen molar-refractivity contribution in [3.8, 4) is 28.6 Å². The van der Waals surface area contributed by atoms with Gasteiger partial charge in [0.1, 0.15) is 17.5 Å². The van der Waals surface area contributed by atoms with Gasteiger partial charge in [-0.15, -0.1) is 0 Å². The topological polar surface area (TPSA) is 77.5 Å². The predicted molar refractivity (Wildman–Crippen MR) is 149 cm³/mol. The zero-order valence-electron chi connectivity index (χ0n) is 22.6. The minimum Gasteiger partial charge on any atom is -0.305 e. The number of carbonyl (C=O) groups excluding carboxylic acids is 1. The highest BCUT2D eigenvalue weighted by Crippen LogP contribution is 2.39. The van der Waals surface area contributed by atoms with Crippen LogP contribution in [0.4, 0.5) is 19.0 Å². The van der Waals surface area contributed by atoms with E-state index < -0.39 is 23.0 Å². The smallest absolute Gasteiger partial charge is 0.283 e. The molecule has 0 saturated carbocycles. The van der Waals surface area contributed by atoms with Crippen LogP contribution in [-0.2, 0) is 6.54 Å². The van der Waals surface area contributed by atoms with Gasteiger partial charge >= 0.3 is 0 Å². The molecule has 0 unspecified atom stereocenters. The quantitative estimate of drug-likeness (QED) is 0.304. The average Bonchev–Trinajstić information content (AvgIpc) is 3.48. The van der Waals surface area contributed by atoms with Crippen molar-refractivity contribution in [2.45, 2.75) is 32.9 Å². The van der Waals surface area contributed by atoms with Crippen LogP contribution in [0.3, 0.4) is 0 Å². The molecule has 0 fully saturated rings. The average molecular weight is 555 g/mol. The molecule has 0 radical (unpaired) electrons. The maximum absolute atomic E-state index is 15.6. The second-order valence-electron chi connectivity index (χ2n) is 10.7. The summed E-state index contributed by atoms with van der Waals surface area (Å²) >= 11 is 0. The standard InChI is InChI=1S/C31H25F3N6O/c1-4-38-29(41)26-28(40-17-31(2,3)37-30(38)40)39(16-19-8-11-23(32)25(34)13-19)27(36-26)21-9-10-22(24(33)14-21)20-7-5-6-18(12-20)15-35/h5-14H,4,16-17H2,1-3H3. The van der Waals surface area contributed by atoms with Crippen molar-refractivity contribution in [2.24, 2.45) is 4.99 Å². The van der Waals surface area contributed by atoms with Crippen molar-refractivity contribution in [2.75, 3.05) is 18.0 Å². The van der Waals surface area contributed by atoms with Gasteiger partial charge in [0.05, 0.1) is 30.3 Å². The van der Waals surface area contributed by atoms with Gasteiger partial charge in [0, 0.05) is 17.7 Å². The molecule has 10 heteroatoms. The molecule has 3 aromatic carbocycles. The van der Waals surface area contributed by atoms with Crippen molar-refractivity contribution >= 4 is 17.7 Å². The normalized spacial score (nSPS) is 15.4. The van der Waals surface area contributed by atoms with Crippen LogP contribution in [0.15, 0.2) is 65.7 Å². The maximum atomic E-state index is 15.6. The molecule has 7 nitrogen and oxygen atoms in total. The predicted octanol–water partition coefficient (Wildman–Crippen LogP) is 5.98. The van der Waals surface area contributed by atoms with E-state index in [9.17, 15) is 18.8 Å². The fraction of sp³-hybridized carbons (Fsp3) is 0.226. The van der Waals surface area contributed by atoms with Crippen molar-refractivity contribution in [3.63, 3.8) is 0 Å². The van der Waals surface area contributed by atoms with Crippen LogP contribution in [-0.4, -0.2) is 44.9 Å². The number of aliphatic imine (C=N–C) groups is 1. The van der Waals surface area contributed by atoms with Gasteiger partial charge in [0.2, 0.25) is 5.96 Å². The SMILES string of the molecule is CCN1C(=O)c2nc(-c3ccc(-c4cccc(C#N)c4)c(F)c3)n(Cc3ccc(F)c(F)c3)c2N2CC(C)(C)N=C12. The van der Waals surface area contributed by atoms with E-state index in [0.29, 0.717) is 58.5 Å². The first-order valence-corrected chi connectivity index (χ1v) is 13.1. The Bertz CT molecular complexity index is 1800. The molecule has 0 atom stereocenters. The summed E-state index contributed by atoms with van der Waals surface area (Å²) in [5, 5.41) is 9.25. The summed E-state index contributed by atoms with van der Waals surface area (Å²) in [5.74, 6) is -1.59. The van der Waals surface area contributed by atoms with Gasteiger partial charge in [-0.3, -0.25) is 14.6 Å². The summed E-state index contributed by atoms with van der Waals surface area (Å²) in [5.41, 5.74) is 1.78. The summed E-state index contributed by atoms with van der Waals surface area (Å²) in [4.78, 5) is 26.6. The van der Waals surface area contributed by atoms with Gasteiger partial charge in [0.15, 0.2) is 17.3 Å². The lowest BCUT2D eigenvalue weighted by molar-refractivity contribution is 0.0841. The molecule has 6 rings (SSSR count). The molecule has 1 aromatic heterocycles. The number of guanidine groups is 1. The van der Waals surface area contributed by atoms with Gasteiger partial charge < -0.3 is 4.57 Å². The van der Waals surface area contributed by atoms with Crippen LogP contribution in [0.5, 0.6) is 0 Å². The van der Waals surface area contributed by atoms with Crippen LogP contribution in [0, 0.1) is 28.8 Å². The minimum atomic E-state index is -0.995. The molecule has 0 saturated heterocycles. The van der Waals surface area contributed by atoms with E-state index in [2.05, 4.69) is 6.07 Å². The molecule has 4 aromatic rings. The molecule has 206 valence electrons. The van der Waals surface area contributed by atoms with Gasteiger partial charge in [-0.25, -0.2) is 23.1 Å². The third-order valence-corrected chi connectivity index (χ3v) is 7.25. The highest BCUT2D eigenvalue weighted by atomic mass is 19.2. The van der Waals surface area contributed by atoms with E-state index >= 15 is 4.39 Å². The molecule has 3 heterocycles. The van der Waals surface area contributed by atoms with E-state index in [1.54, 1.807) is 45.9 Å². The molecule has 0 aliphatic carbocycles. The zero-order chi connectivity index (χ0) is 29.1. The van der Waals surface area contributed by atoms with E-state index in [1.165, 1.54) is 12.1 Å². The number of aromatic nitrogens is 2. The molecular weight excluding hydrogens is 529 g/mol. The highest BCUT2D eigenvalue weighted by molar-refractivity contribution is 6.18. The van der Waals surface area contributed by atoms with Crippen LogP contribution >= 0.6 is 0 Å². The molecule has 2 aliphatic heterocycles. The van der Waals surface area contributed by atoms with Gasteiger partial charge in [0.25, 0.3) is 5.91 Å². The Labute approximate surface area is 234 Å². The minimum absolute atomic E-state index is 0.0477. The van der Waals surface area contributed by atoms with E-state index in [-0.39, 0.29) is 18.1 Å². The summed E-state index contributed by atoms with van der Waals surface area (Å²) in [6.45, 7) is 6.66. The Kier molecular flexibility index (Phi) is 6.18. The largest absolute Gasteiger partial charge is 0.305 e. The Hall–Kier alpha value is -4.91. The fourth-order valence-corrected chi connectivity index (χ4v) is 5.40. The zero-order valence-corrected chi connectivity index (χ0v) is 22.6. The first kappa shape index (κ1) is 26.3. The highest BCUT2D eigenvalue weighted by Gasteiger charge is 2.45. The lowest BCUT2D eigenvalue weighted by atomic mass is 10.0. The Morgan fingerprint density at radius 3 is 2.49 bits per heavy atom. The lowest BCUT2D eigenvalue weighted by Gasteiger charge is -2.34. The number of halogens is 3. The summed E-state index contributed by atoms with van der Waals surface area (Å²) in [6.07, 6.45) is 0. The monoisotopic (exact) mass is 554 g/mol. The lowest BCUT2D eigenvalue weighted by Crippen LogP contribution is -2.51. The number of hydrogen-bond donors (Lipinski definition) is 0. The molecule has 41 heavy (non-hydrogen) atoms. The number of hydrogen-bond acceptors (Lipinski definition) is 5. The van der Waals surface area contributed by atoms with Crippen LogP contribution < -0.4 is 4.90 Å². The molecule has 1 amide bonds. The number of amides is 1. The molecule has 0 bridgehead atoms. The van der Waals surface area contributed by atoms with Gasteiger partial charge in [-0.1, -0.05) is 30.3 Å². The number of nitrogens with zero attached hydrogens (tertiary/aromatic N) is 6. The van der Waals surface area contributed by atoms with Crippen molar-refractivity contribution in [1.29, 1.82) is 5.26 Å². The van der Waals surface area contributed by atoms with Gasteiger partial charge in [-0.2, -0.15) is 5.26 Å². The van der Waals surface area contributed by atoms with Crippen molar-refractivity contribution in [3.05, 3.63) is 94.9 Å². The molecular formula is C31H25F3N6O. The number of carbonyl (C=O) groups is 1. The molecule has 0 N–H and O–H groups in total. The molecule has 0 spiro atoms.